The fourth-order valence-electron chi connectivity index (χ4n) is 3.75. The first-order valence-corrected chi connectivity index (χ1v) is 9.74. The summed E-state index contributed by atoms with van der Waals surface area (Å²) in [6.07, 6.45) is 0. The first-order chi connectivity index (χ1) is 12.9. The number of carbonyl (C=O) groups is 2. The molecule has 2 aromatic rings. The molecule has 5 heteroatoms. The number of aliphatic hydroxyl groups is 1. The minimum atomic E-state index is -1.22. The molecule has 0 aliphatic heterocycles. The molecule has 3 nitrogen and oxygen atoms in total. The first-order valence-electron chi connectivity index (χ1n) is 8.99. The number of aryl methyl sites for hydroxylation is 1. The van der Waals surface area contributed by atoms with Gasteiger partial charge in [-0.05, 0) is 75.6 Å². The van der Waals surface area contributed by atoms with E-state index in [2.05, 4.69) is 0 Å². The second-order valence-electron chi connectivity index (χ2n) is 8.29. The van der Waals surface area contributed by atoms with Gasteiger partial charge in [0.1, 0.15) is 5.76 Å². The third-order valence-electron chi connectivity index (χ3n) is 5.51. The van der Waals surface area contributed by atoms with E-state index in [1.807, 2.05) is 25.1 Å². The van der Waals surface area contributed by atoms with E-state index in [-0.39, 0.29) is 22.9 Å². The van der Waals surface area contributed by atoms with Gasteiger partial charge in [-0.1, -0.05) is 35.3 Å². The lowest BCUT2D eigenvalue weighted by Gasteiger charge is -2.38. The predicted octanol–water partition coefficient (Wildman–Crippen LogP) is 6.44. The lowest BCUT2D eigenvalue weighted by molar-refractivity contribution is -0.143. The van der Waals surface area contributed by atoms with E-state index in [9.17, 15) is 14.7 Å². The third kappa shape index (κ3) is 3.07. The molecule has 1 N–H and O–H groups in total. The van der Waals surface area contributed by atoms with E-state index >= 15 is 0 Å². The van der Waals surface area contributed by atoms with Crippen LogP contribution < -0.4 is 0 Å². The van der Waals surface area contributed by atoms with Gasteiger partial charge < -0.3 is 5.11 Å². The van der Waals surface area contributed by atoms with E-state index in [1.165, 1.54) is 0 Å². The summed E-state index contributed by atoms with van der Waals surface area (Å²) in [6, 6.07) is 10.8. The average Bonchev–Trinajstić information content (AvgIpc) is 2.63. The zero-order valence-corrected chi connectivity index (χ0v) is 18.0. The molecule has 0 aromatic heterocycles. The quantitative estimate of drug-likeness (QED) is 0.572. The van der Waals surface area contributed by atoms with Crippen LogP contribution in [-0.2, 0) is 9.59 Å². The number of Topliss-reactive ketones (excluding diaryl/α,β-unsaturated/α-hetero) is 2. The van der Waals surface area contributed by atoms with E-state index in [4.69, 9.17) is 23.2 Å². The maximum atomic E-state index is 13.2. The number of ketones is 2. The number of allylic oxidation sites excluding steroid dienone is 2. The summed E-state index contributed by atoms with van der Waals surface area (Å²) in [4.78, 5) is 26.0. The van der Waals surface area contributed by atoms with Crippen molar-refractivity contribution in [2.45, 2.75) is 34.6 Å². The number of hydrogen-bond donors (Lipinski definition) is 1. The highest BCUT2D eigenvalue weighted by Crippen LogP contribution is 2.47. The van der Waals surface area contributed by atoms with Crippen molar-refractivity contribution in [3.8, 4) is 11.1 Å². The summed E-state index contributed by atoms with van der Waals surface area (Å²) >= 11 is 12.5. The largest absolute Gasteiger partial charge is 0.510 e. The van der Waals surface area contributed by atoms with Gasteiger partial charge in [0.25, 0.3) is 0 Å². The summed E-state index contributed by atoms with van der Waals surface area (Å²) in [5.74, 6) is -0.871. The van der Waals surface area contributed by atoms with Gasteiger partial charge in [0.2, 0.25) is 0 Å². The topological polar surface area (TPSA) is 54.4 Å². The van der Waals surface area contributed by atoms with Crippen molar-refractivity contribution in [1.82, 2.24) is 0 Å². The molecule has 0 atom stereocenters. The van der Waals surface area contributed by atoms with Crippen molar-refractivity contribution in [3.63, 3.8) is 0 Å². The lowest BCUT2D eigenvalue weighted by atomic mass is 9.62. The number of carbonyl (C=O) groups excluding carboxylic acids is 2. The zero-order chi connectivity index (χ0) is 21.0. The van der Waals surface area contributed by atoms with E-state index in [0.29, 0.717) is 15.6 Å². The fraction of sp³-hybridized carbons (Fsp3) is 0.304. The smallest absolute Gasteiger partial charge is 0.179 e. The third-order valence-corrected chi connectivity index (χ3v) is 6.07. The highest BCUT2D eigenvalue weighted by atomic mass is 35.5. The van der Waals surface area contributed by atoms with Gasteiger partial charge in [-0.25, -0.2) is 0 Å². The summed E-state index contributed by atoms with van der Waals surface area (Å²) in [5.41, 5.74) is 0.723. The molecule has 0 radical (unpaired) electrons. The number of hydrogen-bond acceptors (Lipinski definition) is 3. The number of rotatable bonds is 2. The maximum Gasteiger partial charge on any atom is 0.179 e. The second-order valence-corrected chi connectivity index (χ2v) is 9.13. The Labute approximate surface area is 175 Å². The Kier molecular flexibility index (Phi) is 4.97. The molecule has 0 heterocycles. The average molecular weight is 417 g/mol. The van der Waals surface area contributed by atoms with Crippen LogP contribution in [-0.4, -0.2) is 16.7 Å². The van der Waals surface area contributed by atoms with Crippen LogP contribution in [0, 0.1) is 17.8 Å². The van der Waals surface area contributed by atoms with Crippen molar-refractivity contribution >= 4 is 40.3 Å². The molecule has 3 rings (SSSR count). The predicted molar refractivity (Wildman–Crippen MR) is 114 cm³/mol. The standard InChI is InChI=1S/C23H22Cl2O3/c1-12-6-7-13(16-11-14(24)8-9-17(16)25)10-15(12)18-19(26)22(2,3)21(28)23(4,5)20(18)27/h6-11,26H,1-5H3. The molecule has 1 aliphatic rings. The van der Waals surface area contributed by atoms with Crippen molar-refractivity contribution in [1.29, 1.82) is 0 Å². The van der Waals surface area contributed by atoms with Crippen LogP contribution in [0.1, 0.15) is 38.8 Å². The van der Waals surface area contributed by atoms with E-state index in [1.54, 1.807) is 45.9 Å². The zero-order valence-electron chi connectivity index (χ0n) is 16.5. The van der Waals surface area contributed by atoms with Crippen LogP contribution in [0.25, 0.3) is 16.7 Å². The minimum Gasteiger partial charge on any atom is -0.510 e. The molecule has 0 fully saturated rings. The normalized spacial score (nSPS) is 18.5. The van der Waals surface area contributed by atoms with Gasteiger partial charge in [-0.2, -0.15) is 0 Å². The highest BCUT2D eigenvalue weighted by Gasteiger charge is 2.53. The maximum absolute atomic E-state index is 13.2. The molecule has 0 spiro atoms. The number of aliphatic hydroxyl groups excluding tert-OH is 1. The van der Waals surface area contributed by atoms with Crippen LogP contribution in [0.2, 0.25) is 10.0 Å². The van der Waals surface area contributed by atoms with Crippen LogP contribution >= 0.6 is 23.2 Å². The Morgan fingerprint density at radius 3 is 2.14 bits per heavy atom. The molecule has 1 aliphatic carbocycles. The molecular formula is C23H22Cl2O3. The van der Waals surface area contributed by atoms with Crippen molar-refractivity contribution in [2.24, 2.45) is 10.8 Å². The second kappa shape index (κ2) is 6.75. The van der Waals surface area contributed by atoms with Crippen molar-refractivity contribution in [2.75, 3.05) is 0 Å². The number of halogens is 2. The molecule has 146 valence electrons. The Morgan fingerprint density at radius 1 is 0.857 bits per heavy atom. The van der Waals surface area contributed by atoms with Crippen molar-refractivity contribution in [3.05, 3.63) is 63.3 Å². The summed E-state index contributed by atoms with van der Waals surface area (Å²) in [6.45, 7) is 8.37. The van der Waals surface area contributed by atoms with Gasteiger partial charge in [0.15, 0.2) is 11.6 Å². The van der Waals surface area contributed by atoms with E-state index in [0.717, 1.165) is 16.7 Å². The summed E-state index contributed by atoms with van der Waals surface area (Å²) in [5, 5.41) is 12.0. The molecule has 0 bridgehead atoms. The van der Waals surface area contributed by atoms with Gasteiger partial charge in [0, 0.05) is 15.6 Å². The first kappa shape index (κ1) is 20.6. The monoisotopic (exact) mass is 416 g/mol. The van der Waals surface area contributed by atoms with Gasteiger partial charge in [0.05, 0.1) is 16.4 Å². The summed E-state index contributed by atoms with van der Waals surface area (Å²) < 4.78 is 0. The van der Waals surface area contributed by atoms with Crippen LogP contribution in [0.15, 0.2) is 42.2 Å². The Balaban J connectivity index is 2.29. The Morgan fingerprint density at radius 2 is 1.50 bits per heavy atom. The molecule has 2 aromatic carbocycles. The molecule has 0 amide bonds. The minimum absolute atomic E-state index is 0.187. The molecule has 0 saturated heterocycles. The molecular weight excluding hydrogens is 395 g/mol. The van der Waals surface area contributed by atoms with E-state index < -0.39 is 10.8 Å². The molecule has 28 heavy (non-hydrogen) atoms. The van der Waals surface area contributed by atoms with Crippen LogP contribution in [0.5, 0.6) is 0 Å². The molecule has 0 saturated carbocycles. The van der Waals surface area contributed by atoms with Crippen LogP contribution in [0.4, 0.5) is 0 Å². The molecule has 0 unspecified atom stereocenters. The van der Waals surface area contributed by atoms with Gasteiger partial charge in [-0.3, -0.25) is 9.59 Å². The Bertz CT molecular complexity index is 1050. The van der Waals surface area contributed by atoms with Crippen molar-refractivity contribution < 1.29 is 14.7 Å². The van der Waals surface area contributed by atoms with Gasteiger partial charge >= 0.3 is 0 Å². The Hall–Kier alpha value is -2.10. The fourth-order valence-corrected chi connectivity index (χ4v) is 4.15. The lowest BCUT2D eigenvalue weighted by Crippen LogP contribution is -2.48. The number of benzene rings is 2. The SMILES string of the molecule is Cc1ccc(-c2cc(Cl)ccc2Cl)cc1C1=C(O)C(C)(C)C(=O)C(C)(C)C1=O. The van der Waals surface area contributed by atoms with Crippen LogP contribution in [0.3, 0.4) is 0 Å². The highest BCUT2D eigenvalue weighted by molar-refractivity contribution is 6.36. The summed E-state index contributed by atoms with van der Waals surface area (Å²) in [7, 11) is 0. The van der Waals surface area contributed by atoms with Gasteiger partial charge in [-0.15, -0.1) is 0 Å².